The van der Waals surface area contributed by atoms with Crippen LogP contribution in [-0.4, -0.2) is 14.7 Å². The van der Waals surface area contributed by atoms with Gasteiger partial charge in [-0.1, -0.05) is 12.1 Å². The molecule has 0 spiro atoms. The van der Waals surface area contributed by atoms with Crippen molar-refractivity contribution in [2.75, 3.05) is 11.0 Å². The molecule has 21 heavy (non-hydrogen) atoms. The van der Waals surface area contributed by atoms with Crippen molar-refractivity contribution in [3.63, 3.8) is 0 Å². The summed E-state index contributed by atoms with van der Waals surface area (Å²) < 4.78 is 40.6. The van der Waals surface area contributed by atoms with Crippen LogP contribution in [0.25, 0.3) is 0 Å². The third-order valence-corrected chi connectivity index (χ3v) is 5.05. The van der Waals surface area contributed by atoms with Gasteiger partial charge in [0.15, 0.2) is 0 Å². The van der Waals surface area contributed by atoms with Gasteiger partial charge in [0.25, 0.3) is 10.0 Å². The predicted molar refractivity (Wildman–Crippen MR) is 83.3 cm³/mol. The van der Waals surface area contributed by atoms with Crippen LogP contribution in [0.4, 0.5) is 10.1 Å². The van der Waals surface area contributed by atoms with Gasteiger partial charge in [0.1, 0.15) is 5.82 Å². The molecule has 0 fully saturated rings. The Kier molecular flexibility index (Phi) is 4.87. The molecule has 0 saturated carbocycles. The van der Waals surface area contributed by atoms with Gasteiger partial charge in [0, 0.05) is 17.1 Å². The van der Waals surface area contributed by atoms with Crippen LogP contribution in [0.2, 0.25) is 0 Å². The number of sulfonamides is 1. The minimum Gasteiger partial charge on any atom is -0.326 e. The van der Waals surface area contributed by atoms with Crippen molar-refractivity contribution in [3.05, 3.63) is 53.8 Å². The van der Waals surface area contributed by atoms with Crippen LogP contribution < -0.4 is 10.5 Å². The Balaban J connectivity index is 2.40. The number of thioether (sulfide) groups is 1. The number of halogens is 1. The van der Waals surface area contributed by atoms with Crippen molar-refractivity contribution in [1.29, 1.82) is 0 Å². The standard InChI is InChI=1S/C14H15FN2O2S2/c1-20-13-4-2-3-12(8-13)17-21(18,19)14-7-11(15)6-5-10(14)9-16/h2-8,17H,9,16H2,1H3. The molecule has 112 valence electrons. The molecule has 3 N–H and O–H groups in total. The molecule has 2 rings (SSSR count). The van der Waals surface area contributed by atoms with E-state index in [1.54, 1.807) is 18.2 Å². The average molecular weight is 326 g/mol. The topological polar surface area (TPSA) is 72.2 Å². The fraction of sp³-hybridized carbons (Fsp3) is 0.143. The van der Waals surface area contributed by atoms with E-state index in [1.807, 2.05) is 12.3 Å². The molecule has 0 unspecified atom stereocenters. The van der Waals surface area contributed by atoms with Crippen molar-refractivity contribution in [1.82, 2.24) is 0 Å². The van der Waals surface area contributed by atoms with E-state index in [2.05, 4.69) is 4.72 Å². The molecule has 0 aromatic heterocycles. The van der Waals surface area contributed by atoms with Crippen molar-refractivity contribution in [2.24, 2.45) is 5.73 Å². The highest BCUT2D eigenvalue weighted by Crippen LogP contribution is 2.23. The summed E-state index contributed by atoms with van der Waals surface area (Å²) in [5.74, 6) is -0.620. The zero-order valence-electron chi connectivity index (χ0n) is 11.3. The summed E-state index contributed by atoms with van der Waals surface area (Å²) in [4.78, 5) is 0.785. The summed E-state index contributed by atoms with van der Waals surface area (Å²) in [7, 11) is -3.88. The lowest BCUT2D eigenvalue weighted by Gasteiger charge is -2.12. The first-order valence-electron chi connectivity index (χ1n) is 6.11. The second-order valence-corrected chi connectivity index (χ2v) is 6.82. The Labute approximate surface area is 127 Å². The Morgan fingerprint density at radius 1 is 1.24 bits per heavy atom. The molecule has 0 bridgehead atoms. The van der Waals surface area contributed by atoms with E-state index in [0.717, 1.165) is 11.0 Å². The number of rotatable bonds is 5. The molecule has 7 heteroatoms. The van der Waals surface area contributed by atoms with Gasteiger partial charge < -0.3 is 5.73 Å². The molecule has 2 aromatic carbocycles. The molecular formula is C14H15FN2O2S2. The van der Waals surface area contributed by atoms with Crippen LogP contribution in [0.3, 0.4) is 0 Å². The van der Waals surface area contributed by atoms with Crippen LogP contribution in [0.1, 0.15) is 5.56 Å². The van der Waals surface area contributed by atoms with E-state index >= 15 is 0 Å². The maximum Gasteiger partial charge on any atom is 0.262 e. The lowest BCUT2D eigenvalue weighted by molar-refractivity contribution is 0.593. The zero-order valence-corrected chi connectivity index (χ0v) is 13.0. The lowest BCUT2D eigenvalue weighted by Crippen LogP contribution is -2.16. The predicted octanol–water partition coefficient (Wildman–Crippen LogP) is 2.81. The lowest BCUT2D eigenvalue weighted by atomic mass is 10.2. The van der Waals surface area contributed by atoms with Gasteiger partial charge in [-0.05, 0) is 42.2 Å². The highest BCUT2D eigenvalue weighted by Gasteiger charge is 2.19. The quantitative estimate of drug-likeness (QED) is 0.829. The molecule has 2 aromatic rings. The Morgan fingerprint density at radius 2 is 2.00 bits per heavy atom. The second-order valence-electron chi connectivity index (χ2n) is 4.29. The van der Waals surface area contributed by atoms with Crippen LogP contribution in [0, 0.1) is 5.82 Å². The molecular weight excluding hydrogens is 311 g/mol. The van der Waals surface area contributed by atoms with Crippen LogP contribution in [0.5, 0.6) is 0 Å². The third-order valence-electron chi connectivity index (χ3n) is 2.86. The van der Waals surface area contributed by atoms with E-state index in [4.69, 9.17) is 5.73 Å². The van der Waals surface area contributed by atoms with Gasteiger partial charge in [-0.15, -0.1) is 11.8 Å². The number of benzene rings is 2. The van der Waals surface area contributed by atoms with Crippen LogP contribution in [-0.2, 0) is 16.6 Å². The summed E-state index contributed by atoms with van der Waals surface area (Å²) >= 11 is 1.50. The minimum absolute atomic E-state index is 0.0153. The largest absolute Gasteiger partial charge is 0.326 e. The first-order valence-corrected chi connectivity index (χ1v) is 8.82. The van der Waals surface area contributed by atoms with E-state index < -0.39 is 15.8 Å². The summed E-state index contributed by atoms with van der Waals surface area (Å²) in [6, 6.07) is 10.5. The molecule has 0 amide bonds. The van der Waals surface area contributed by atoms with E-state index in [0.29, 0.717) is 11.3 Å². The third kappa shape index (κ3) is 3.75. The maximum atomic E-state index is 13.3. The van der Waals surface area contributed by atoms with Gasteiger partial charge in [0.05, 0.1) is 4.90 Å². The summed E-state index contributed by atoms with van der Waals surface area (Å²) in [5, 5.41) is 0. The molecule has 0 radical (unpaired) electrons. The molecule has 0 aliphatic carbocycles. The van der Waals surface area contributed by atoms with Gasteiger partial charge in [-0.25, -0.2) is 12.8 Å². The number of anilines is 1. The van der Waals surface area contributed by atoms with E-state index in [1.165, 1.54) is 23.9 Å². The Hall–Kier alpha value is -1.57. The highest BCUT2D eigenvalue weighted by molar-refractivity contribution is 7.98. The number of nitrogens with one attached hydrogen (secondary N) is 1. The molecule has 0 heterocycles. The monoisotopic (exact) mass is 326 g/mol. The SMILES string of the molecule is CSc1cccc(NS(=O)(=O)c2cc(F)ccc2CN)c1. The smallest absolute Gasteiger partial charge is 0.262 e. The van der Waals surface area contributed by atoms with Gasteiger partial charge in [-0.2, -0.15) is 0 Å². The van der Waals surface area contributed by atoms with Gasteiger partial charge in [0.2, 0.25) is 0 Å². The van der Waals surface area contributed by atoms with E-state index in [-0.39, 0.29) is 11.4 Å². The van der Waals surface area contributed by atoms with E-state index in [9.17, 15) is 12.8 Å². The molecule has 0 aliphatic heterocycles. The van der Waals surface area contributed by atoms with Crippen LogP contribution >= 0.6 is 11.8 Å². The zero-order chi connectivity index (χ0) is 15.5. The van der Waals surface area contributed by atoms with Crippen LogP contribution in [0.15, 0.2) is 52.3 Å². The number of hydrogen-bond donors (Lipinski definition) is 2. The molecule has 0 aliphatic rings. The summed E-state index contributed by atoms with van der Waals surface area (Å²) in [6.45, 7) is 0.0153. The number of nitrogens with two attached hydrogens (primary N) is 1. The average Bonchev–Trinajstić information content (AvgIpc) is 2.47. The molecule has 0 atom stereocenters. The molecule has 4 nitrogen and oxygen atoms in total. The fourth-order valence-corrected chi connectivity index (χ4v) is 3.61. The fourth-order valence-electron chi connectivity index (χ4n) is 1.84. The first-order chi connectivity index (χ1) is 9.96. The Bertz CT molecular complexity index is 748. The van der Waals surface area contributed by atoms with Crippen molar-refractivity contribution < 1.29 is 12.8 Å². The minimum atomic E-state index is -3.88. The van der Waals surface area contributed by atoms with Gasteiger partial charge in [-0.3, -0.25) is 4.72 Å². The number of hydrogen-bond acceptors (Lipinski definition) is 4. The van der Waals surface area contributed by atoms with Crippen molar-refractivity contribution in [2.45, 2.75) is 16.3 Å². The Morgan fingerprint density at radius 3 is 2.67 bits per heavy atom. The normalized spacial score (nSPS) is 11.4. The molecule has 0 saturated heterocycles. The first kappa shape index (κ1) is 15.8. The van der Waals surface area contributed by atoms with Crippen molar-refractivity contribution in [3.8, 4) is 0 Å². The summed E-state index contributed by atoms with van der Waals surface area (Å²) in [6.07, 6.45) is 1.90. The van der Waals surface area contributed by atoms with Gasteiger partial charge >= 0.3 is 0 Å². The van der Waals surface area contributed by atoms with Crippen molar-refractivity contribution >= 4 is 27.5 Å². The maximum absolute atomic E-state index is 13.3. The second kappa shape index (κ2) is 6.46. The summed E-state index contributed by atoms with van der Waals surface area (Å²) in [5.41, 5.74) is 6.31. The highest BCUT2D eigenvalue weighted by atomic mass is 32.2.